The van der Waals surface area contributed by atoms with Gasteiger partial charge in [0.25, 0.3) is 0 Å². The number of hydrogen-bond acceptors (Lipinski definition) is 5. The Morgan fingerprint density at radius 2 is 1.89 bits per heavy atom. The number of aliphatic hydroxyl groups is 2. The first-order valence-corrected chi connectivity index (χ1v) is 5.97. The minimum atomic E-state index is -0.100. The van der Waals surface area contributed by atoms with Crippen LogP contribution in [0.5, 0.6) is 5.75 Å². The number of anilines is 1. The first-order chi connectivity index (χ1) is 9.26. The molecule has 0 aliphatic carbocycles. The fraction of sp³-hybridized carbons (Fsp3) is 0.286. The number of methoxy groups -OCH3 is 1. The summed E-state index contributed by atoms with van der Waals surface area (Å²) in [5, 5.41) is 21.3. The van der Waals surface area contributed by atoms with E-state index >= 15 is 0 Å². The van der Waals surface area contributed by atoms with Crippen molar-refractivity contribution in [3.63, 3.8) is 0 Å². The largest absolute Gasteiger partial charge is 0.496 e. The number of rotatable bonds is 6. The van der Waals surface area contributed by atoms with Crippen LogP contribution >= 0.6 is 0 Å². The topological polar surface area (TPSA) is 74.9 Å². The van der Waals surface area contributed by atoms with Crippen molar-refractivity contribution >= 4 is 5.69 Å². The quantitative estimate of drug-likeness (QED) is 0.742. The summed E-state index contributed by atoms with van der Waals surface area (Å²) in [6.07, 6.45) is 0. The second-order valence-electron chi connectivity index (χ2n) is 4.06. The van der Waals surface area contributed by atoms with Gasteiger partial charge in [0.1, 0.15) is 23.9 Å². The third-order valence-corrected chi connectivity index (χ3v) is 2.79. The van der Waals surface area contributed by atoms with Gasteiger partial charge in [-0.3, -0.25) is 0 Å². The van der Waals surface area contributed by atoms with E-state index < -0.39 is 0 Å². The number of furan rings is 1. The Morgan fingerprint density at radius 3 is 2.53 bits per heavy atom. The van der Waals surface area contributed by atoms with E-state index in [0.29, 0.717) is 18.1 Å². The fourth-order valence-electron chi connectivity index (χ4n) is 1.80. The number of aliphatic hydroxyl groups excluding tert-OH is 2. The number of nitrogens with one attached hydrogen (secondary N) is 1. The normalized spacial score (nSPS) is 10.5. The van der Waals surface area contributed by atoms with Gasteiger partial charge in [0.05, 0.1) is 20.3 Å². The summed E-state index contributed by atoms with van der Waals surface area (Å²) in [5.74, 6) is 1.95. The zero-order valence-corrected chi connectivity index (χ0v) is 10.7. The number of benzene rings is 1. The van der Waals surface area contributed by atoms with E-state index in [4.69, 9.17) is 14.3 Å². The van der Waals surface area contributed by atoms with E-state index in [1.807, 2.05) is 18.2 Å². The molecule has 1 heterocycles. The van der Waals surface area contributed by atoms with E-state index in [-0.39, 0.29) is 13.2 Å². The van der Waals surface area contributed by atoms with Crippen LogP contribution in [0.1, 0.15) is 17.1 Å². The van der Waals surface area contributed by atoms with Gasteiger partial charge in [-0.1, -0.05) is 0 Å². The molecule has 19 heavy (non-hydrogen) atoms. The molecule has 0 atom stereocenters. The predicted octanol–water partition coefficient (Wildman–Crippen LogP) is 1.88. The van der Waals surface area contributed by atoms with Crippen molar-refractivity contribution in [3.05, 3.63) is 47.4 Å². The zero-order chi connectivity index (χ0) is 13.7. The van der Waals surface area contributed by atoms with E-state index in [9.17, 15) is 5.11 Å². The average molecular weight is 263 g/mol. The summed E-state index contributed by atoms with van der Waals surface area (Å²) < 4.78 is 10.5. The maximum atomic E-state index is 9.24. The second-order valence-corrected chi connectivity index (χ2v) is 4.06. The van der Waals surface area contributed by atoms with Gasteiger partial charge in [-0.2, -0.15) is 0 Å². The minimum Gasteiger partial charge on any atom is -0.496 e. The minimum absolute atomic E-state index is 0.0753. The van der Waals surface area contributed by atoms with Gasteiger partial charge in [0, 0.05) is 11.3 Å². The summed E-state index contributed by atoms with van der Waals surface area (Å²) in [7, 11) is 1.57. The molecule has 0 bridgehead atoms. The fourth-order valence-corrected chi connectivity index (χ4v) is 1.80. The van der Waals surface area contributed by atoms with Crippen molar-refractivity contribution in [2.75, 3.05) is 12.4 Å². The average Bonchev–Trinajstić information content (AvgIpc) is 2.92. The molecule has 102 valence electrons. The van der Waals surface area contributed by atoms with Crippen molar-refractivity contribution in [2.24, 2.45) is 0 Å². The van der Waals surface area contributed by atoms with E-state index in [2.05, 4.69) is 5.32 Å². The van der Waals surface area contributed by atoms with Crippen molar-refractivity contribution in [2.45, 2.75) is 19.8 Å². The maximum absolute atomic E-state index is 9.24. The van der Waals surface area contributed by atoms with Gasteiger partial charge < -0.3 is 24.7 Å². The Balaban J connectivity index is 2.03. The van der Waals surface area contributed by atoms with Gasteiger partial charge in [0.2, 0.25) is 0 Å². The van der Waals surface area contributed by atoms with Crippen LogP contribution in [-0.2, 0) is 19.8 Å². The SMILES string of the molecule is COc1ccc(NCc2ccc(CO)o2)cc1CO. The van der Waals surface area contributed by atoms with Crippen LogP contribution in [0, 0.1) is 0 Å². The molecule has 5 nitrogen and oxygen atoms in total. The highest BCUT2D eigenvalue weighted by Crippen LogP contribution is 2.23. The summed E-state index contributed by atoms with van der Waals surface area (Å²) in [5.41, 5.74) is 1.59. The molecule has 0 aliphatic heterocycles. The third kappa shape index (κ3) is 3.27. The Morgan fingerprint density at radius 1 is 1.11 bits per heavy atom. The Labute approximate surface area is 111 Å². The zero-order valence-electron chi connectivity index (χ0n) is 10.7. The van der Waals surface area contributed by atoms with Crippen LogP contribution in [0.25, 0.3) is 0 Å². The van der Waals surface area contributed by atoms with Gasteiger partial charge in [-0.05, 0) is 30.3 Å². The molecule has 0 fully saturated rings. The molecule has 5 heteroatoms. The number of hydrogen-bond donors (Lipinski definition) is 3. The number of ether oxygens (including phenoxy) is 1. The molecule has 0 unspecified atom stereocenters. The Bertz CT molecular complexity index is 536. The van der Waals surface area contributed by atoms with Crippen molar-refractivity contribution in [3.8, 4) is 5.75 Å². The standard InChI is InChI=1S/C14H17NO4/c1-18-14-5-2-11(6-10(14)8-16)15-7-12-3-4-13(9-17)19-12/h2-6,15-17H,7-9H2,1H3. The third-order valence-electron chi connectivity index (χ3n) is 2.79. The molecule has 0 saturated heterocycles. The lowest BCUT2D eigenvalue weighted by Gasteiger charge is -2.10. The lowest BCUT2D eigenvalue weighted by Crippen LogP contribution is -2.00. The van der Waals surface area contributed by atoms with E-state index in [1.54, 1.807) is 19.2 Å². The highest BCUT2D eigenvalue weighted by atomic mass is 16.5. The molecule has 2 aromatic rings. The van der Waals surface area contributed by atoms with Crippen LogP contribution < -0.4 is 10.1 Å². The van der Waals surface area contributed by atoms with Crippen molar-refractivity contribution in [1.29, 1.82) is 0 Å². The monoisotopic (exact) mass is 263 g/mol. The van der Waals surface area contributed by atoms with Crippen LogP contribution in [-0.4, -0.2) is 17.3 Å². The first-order valence-electron chi connectivity index (χ1n) is 5.97. The highest BCUT2D eigenvalue weighted by molar-refractivity contribution is 5.51. The summed E-state index contributed by atoms with van der Waals surface area (Å²) in [4.78, 5) is 0. The molecule has 0 saturated carbocycles. The smallest absolute Gasteiger partial charge is 0.129 e. The first kappa shape index (κ1) is 13.5. The lowest BCUT2D eigenvalue weighted by atomic mass is 10.2. The van der Waals surface area contributed by atoms with Crippen molar-refractivity contribution in [1.82, 2.24) is 0 Å². The van der Waals surface area contributed by atoms with Gasteiger partial charge in [-0.15, -0.1) is 0 Å². The Hall–Kier alpha value is -1.98. The molecule has 1 aromatic heterocycles. The van der Waals surface area contributed by atoms with Crippen LogP contribution in [0.15, 0.2) is 34.7 Å². The molecular formula is C14H17NO4. The molecule has 0 spiro atoms. The second kappa shape index (κ2) is 6.26. The van der Waals surface area contributed by atoms with Gasteiger partial charge >= 0.3 is 0 Å². The molecule has 0 amide bonds. The lowest BCUT2D eigenvalue weighted by molar-refractivity contribution is 0.244. The van der Waals surface area contributed by atoms with Crippen LogP contribution in [0.4, 0.5) is 5.69 Å². The van der Waals surface area contributed by atoms with E-state index in [1.165, 1.54) is 0 Å². The van der Waals surface area contributed by atoms with Crippen molar-refractivity contribution < 1.29 is 19.4 Å². The molecule has 1 aromatic carbocycles. The maximum Gasteiger partial charge on any atom is 0.129 e. The van der Waals surface area contributed by atoms with E-state index in [0.717, 1.165) is 17.0 Å². The molecule has 2 rings (SSSR count). The summed E-state index contributed by atoms with van der Waals surface area (Å²) in [6.45, 7) is 0.336. The Kier molecular flexibility index (Phi) is 4.43. The van der Waals surface area contributed by atoms with Gasteiger partial charge in [-0.25, -0.2) is 0 Å². The van der Waals surface area contributed by atoms with Crippen LogP contribution in [0.3, 0.4) is 0 Å². The predicted molar refractivity (Wildman–Crippen MR) is 70.9 cm³/mol. The molecule has 0 aliphatic rings. The molecule has 3 N–H and O–H groups in total. The van der Waals surface area contributed by atoms with Gasteiger partial charge in [0.15, 0.2) is 0 Å². The highest BCUT2D eigenvalue weighted by Gasteiger charge is 2.05. The molecular weight excluding hydrogens is 246 g/mol. The summed E-state index contributed by atoms with van der Waals surface area (Å²) >= 11 is 0. The van der Waals surface area contributed by atoms with Crippen LogP contribution in [0.2, 0.25) is 0 Å². The molecule has 0 radical (unpaired) electrons. The summed E-state index contributed by atoms with van der Waals surface area (Å²) in [6, 6.07) is 9.05.